The molecule has 0 aromatic rings. The number of carbonyl (C=O) groups excluding carboxylic acids is 4. The normalized spacial score (nSPS) is 22.0. The van der Waals surface area contributed by atoms with Gasteiger partial charge in [-0.1, -0.05) is 61.0 Å². The van der Waals surface area contributed by atoms with Crippen LogP contribution in [0, 0.1) is 17.3 Å². The van der Waals surface area contributed by atoms with Crippen molar-refractivity contribution in [2.24, 2.45) is 17.3 Å². The fraction of sp³-hybridized carbons (Fsp3) is 0.818. The van der Waals surface area contributed by atoms with Crippen LogP contribution in [0.2, 0.25) is 0 Å². The fourth-order valence-electron chi connectivity index (χ4n) is 6.10. The molecule has 0 bridgehead atoms. The van der Waals surface area contributed by atoms with E-state index in [1.807, 2.05) is 54.5 Å². The van der Waals surface area contributed by atoms with E-state index in [2.05, 4.69) is 29.4 Å². The molecular formula is C33H59N5O4. The third kappa shape index (κ3) is 9.29. The Balaban J connectivity index is 2.25. The molecule has 4 amide bonds. The highest BCUT2D eigenvalue weighted by Crippen LogP contribution is 2.27. The number of rotatable bonds is 11. The van der Waals surface area contributed by atoms with E-state index < -0.39 is 17.5 Å². The van der Waals surface area contributed by atoms with Gasteiger partial charge < -0.3 is 20.4 Å². The summed E-state index contributed by atoms with van der Waals surface area (Å²) >= 11 is 0. The lowest BCUT2D eigenvalue weighted by Gasteiger charge is -2.41. The van der Waals surface area contributed by atoms with Crippen molar-refractivity contribution < 1.29 is 19.2 Å². The van der Waals surface area contributed by atoms with Crippen LogP contribution >= 0.6 is 0 Å². The summed E-state index contributed by atoms with van der Waals surface area (Å²) in [5.74, 6) is -0.187. The van der Waals surface area contributed by atoms with Gasteiger partial charge in [-0.25, -0.2) is 0 Å². The summed E-state index contributed by atoms with van der Waals surface area (Å²) in [5.41, 5.74) is 0.00336. The molecule has 42 heavy (non-hydrogen) atoms. The number of likely N-dealkylation sites (N-methyl/N-ethyl adjacent to an activating group) is 1. The minimum Gasteiger partial charge on any atom is -0.354 e. The fourth-order valence-corrected chi connectivity index (χ4v) is 6.10. The van der Waals surface area contributed by atoms with Gasteiger partial charge in [0.25, 0.3) is 0 Å². The molecule has 2 aliphatic heterocycles. The largest absolute Gasteiger partial charge is 0.354 e. The zero-order valence-corrected chi connectivity index (χ0v) is 28.3. The first-order valence-electron chi connectivity index (χ1n) is 16.1. The number of hydrogen-bond donors (Lipinski definition) is 2. The molecule has 0 aliphatic carbocycles. The Bertz CT molecular complexity index is 983. The number of likely N-dealkylation sites (tertiary alicyclic amines) is 2. The van der Waals surface area contributed by atoms with E-state index in [-0.39, 0.29) is 47.7 Å². The summed E-state index contributed by atoms with van der Waals surface area (Å²) in [6, 6.07) is -1.54. The van der Waals surface area contributed by atoms with Crippen molar-refractivity contribution in [3.63, 3.8) is 0 Å². The molecule has 0 saturated carbocycles. The number of carbonyl (C=O) groups is 4. The second-order valence-electron chi connectivity index (χ2n) is 14.5. The molecule has 2 rings (SSSR count). The number of nitrogens with one attached hydrogen (secondary N) is 2. The summed E-state index contributed by atoms with van der Waals surface area (Å²) in [6.45, 7) is 22.0. The highest BCUT2D eigenvalue weighted by Gasteiger charge is 2.40. The summed E-state index contributed by atoms with van der Waals surface area (Å²) in [6.07, 6.45) is 6.16. The molecule has 0 spiro atoms. The molecule has 2 saturated heterocycles. The van der Waals surface area contributed by atoms with Gasteiger partial charge in [-0.3, -0.25) is 24.1 Å². The highest BCUT2D eigenvalue weighted by molar-refractivity contribution is 5.97. The van der Waals surface area contributed by atoms with Gasteiger partial charge in [-0.05, 0) is 70.3 Å². The van der Waals surface area contributed by atoms with Crippen LogP contribution in [0.15, 0.2) is 11.6 Å². The van der Waals surface area contributed by atoms with Gasteiger partial charge in [0.05, 0.1) is 12.1 Å². The van der Waals surface area contributed by atoms with E-state index in [0.29, 0.717) is 31.0 Å². The van der Waals surface area contributed by atoms with E-state index >= 15 is 0 Å². The number of piperidine rings is 1. The molecule has 2 fully saturated rings. The second-order valence-corrected chi connectivity index (χ2v) is 14.5. The van der Waals surface area contributed by atoms with Gasteiger partial charge in [0.15, 0.2) is 0 Å². The first-order chi connectivity index (χ1) is 19.5. The lowest BCUT2D eigenvalue weighted by Crippen LogP contribution is -2.60. The van der Waals surface area contributed by atoms with Crippen LogP contribution in [-0.2, 0) is 19.2 Å². The van der Waals surface area contributed by atoms with Crippen LogP contribution in [0.4, 0.5) is 0 Å². The summed E-state index contributed by atoms with van der Waals surface area (Å²) < 4.78 is 0. The van der Waals surface area contributed by atoms with Gasteiger partial charge >= 0.3 is 0 Å². The van der Waals surface area contributed by atoms with Crippen LogP contribution in [0.25, 0.3) is 0 Å². The predicted octanol–water partition coefficient (Wildman–Crippen LogP) is 3.97. The molecule has 9 heteroatoms. The smallest absolute Gasteiger partial charge is 0.249 e. The Labute approximate surface area is 255 Å². The Morgan fingerprint density at radius 1 is 0.905 bits per heavy atom. The van der Waals surface area contributed by atoms with Crippen molar-refractivity contribution >= 4 is 23.6 Å². The third-order valence-corrected chi connectivity index (χ3v) is 8.65. The molecule has 9 nitrogen and oxygen atoms in total. The maximum Gasteiger partial charge on any atom is 0.249 e. The maximum atomic E-state index is 14.1. The van der Waals surface area contributed by atoms with Crippen molar-refractivity contribution in [2.75, 3.05) is 26.7 Å². The molecule has 0 aromatic heterocycles. The Morgan fingerprint density at radius 2 is 1.52 bits per heavy atom. The SMILES string of the molecule is CC(=C[C@H](C(C)C)N(C)C(=O)[C@@H](NC(=O)[C@H]1CCCCN1C(C)C)C(C)(C)C)C(=O)N1CCC[C@H]1C(=O)NCC(C)C. The molecule has 4 atom stereocenters. The standard InChI is InChI=1S/C33H59N5O4/c1-21(2)20-34-29(39)25-16-14-18-38(25)31(41)24(7)19-27(22(3)4)36(11)32(42)28(33(8,9)10)35-30(40)26-15-12-13-17-37(26)23(5)6/h19,21-23,25-28H,12-18,20H2,1-11H3,(H,34,39)(H,35,40)/t25-,26+,27+,28+/m0/s1. The van der Waals surface area contributed by atoms with Crippen molar-refractivity contribution in [1.29, 1.82) is 0 Å². The zero-order valence-electron chi connectivity index (χ0n) is 28.3. The monoisotopic (exact) mass is 589 g/mol. The van der Waals surface area contributed by atoms with Crippen molar-refractivity contribution in [3.8, 4) is 0 Å². The number of nitrogens with zero attached hydrogens (tertiary/aromatic N) is 3. The lowest BCUT2D eigenvalue weighted by atomic mass is 9.84. The van der Waals surface area contributed by atoms with Gasteiger partial charge in [-0.15, -0.1) is 0 Å². The minimum absolute atomic E-state index is 0.0245. The molecule has 2 aliphatic rings. The quantitative estimate of drug-likeness (QED) is 0.355. The molecular weight excluding hydrogens is 530 g/mol. The molecule has 0 unspecified atom stereocenters. The van der Waals surface area contributed by atoms with E-state index in [1.165, 1.54) is 0 Å². The zero-order chi connectivity index (χ0) is 31.9. The van der Waals surface area contributed by atoms with Crippen LogP contribution in [0.3, 0.4) is 0 Å². The summed E-state index contributed by atoms with van der Waals surface area (Å²) in [4.78, 5) is 59.6. The van der Waals surface area contributed by atoms with Crippen molar-refractivity contribution in [1.82, 2.24) is 25.3 Å². The van der Waals surface area contributed by atoms with Crippen LogP contribution < -0.4 is 10.6 Å². The molecule has 240 valence electrons. The first kappa shape index (κ1) is 35.8. The third-order valence-electron chi connectivity index (χ3n) is 8.65. The molecule has 2 N–H and O–H groups in total. The van der Waals surface area contributed by atoms with Crippen molar-refractivity contribution in [2.45, 2.75) is 132 Å². The number of amides is 4. The van der Waals surface area contributed by atoms with E-state index in [1.54, 1.807) is 23.8 Å². The van der Waals surface area contributed by atoms with Crippen LogP contribution in [-0.4, -0.2) is 95.2 Å². The lowest BCUT2D eigenvalue weighted by molar-refractivity contribution is -0.142. The molecule has 0 radical (unpaired) electrons. The Hall–Kier alpha value is -2.42. The van der Waals surface area contributed by atoms with E-state index in [0.717, 1.165) is 32.2 Å². The predicted molar refractivity (Wildman–Crippen MR) is 169 cm³/mol. The molecule has 2 heterocycles. The topological polar surface area (TPSA) is 102 Å². The van der Waals surface area contributed by atoms with Gasteiger partial charge in [0.1, 0.15) is 12.1 Å². The van der Waals surface area contributed by atoms with Crippen LogP contribution in [0.1, 0.15) is 101 Å². The number of hydrogen-bond acceptors (Lipinski definition) is 5. The Morgan fingerprint density at radius 3 is 2.07 bits per heavy atom. The summed E-state index contributed by atoms with van der Waals surface area (Å²) in [7, 11) is 1.76. The average molecular weight is 590 g/mol. The van der Waals surface area contributed by atoms with E-state index in [4.69, 9.17) is 0 Å². The summed E-state index contributed by atoms with van der Waals surface area (Å²) in [5, 5.41) is 6.10. The Kier molecular flexibility index (Phi) is 13.1. The molecule has 0 aromatic carbocycles. The van der Waals surface area contributed by atoms with E-state index in [9.17, 15) is 19.2 Å². The van der Waals surface area contributed by atoms with Gasteiger partial charge in [-0.2, -0.15) is 0 Å². The van der Waals surface area contributed by atoms with Gasteiger partial charge in [0.2, 0.25) is 23.6 Å². The average Bonchev–Trinajstić information content (AvgIpc) is 3.41. The van der Waals surface area contributed by atoms with Crippen molar-refractivity contribution in [3.05, 3.63) is 11.6 Å². The van der Waals surface area contributed by atoms with Crippen LogP contribution in [0.5, 0.6) is 0 Å². The minimum atomic E-state index is -0.718. The maximum absolute atomic E-state index is 14.1. The van der Waals surface area contributed by atoms with Gasteiger partial charge in [0, 0.05) is 31.8 Å². The first-order valence-corrected chi connectivity index (χ1v) is 16.1. The second kappa shape index (κ2) is 15.3. The highest BCUT2D eigenvalue weighted by atomic mass is 16.2.